The van der Waals surface area contributed by atoms with Crippen molar-refractivity contribution in [2.24, 2.45) is 0 Å². The average molecular weight is 448 g/mol. The van der Waals surface area contributed by atoms with Crippen LogP contribution in [0.5, 0.6) is 5.75 Å². The number of halogens is 2. The third-order valence-corrected chi connectivity index (χ3v) is 4.48. The van der Waals surface area contributed by atoms with E-state index in [-0.39, 0.29) is 5.91 Å². The summed E-state index contributed by atoms with van der Waals surface area (Å²) < 4.78 is 30.9. The van der Waals surface area contributed by atoms with Crippen molar-refractivity contribution >= 4 is 54.8 Å². The molecule has 0 bridgehead atoms. The van der Waals surface area contributed by atoms with Gasteiger partial charge in [-0.15, -0.1) is 0 Å². The zero-order valence-electron chi connectivity index (χ0n) is 13.4. The summed E-state index contributed by atoms with van der Waals surface area (Å²) >= 11 is 9.19. The van der Waals surface area contributed by atoms with Crippen LogP contribution in [-0.2, 0) is 14.8 Å². The van der Waals surface area contributed by atoms with Crippen molar-refractivity contribution in [3.05, 3.63) is 52.0 Å². The van der Waals surface area contributed by atoms with Crippen molar-refractivity contribution in [3.63, 3.8) is 0 Å². The molecule has 0 aliphatic rings. The quantitative estimate of drug-likeness (QED) is 0.704. The molecule has 2 aromatic carbocycles. The van der Waals surface area contributed by atoms with Crippen LogP contribution in [0.25, 0.3) is 0 Å². The van der Waals surface area contributed by atoms with Gasteiger partial charge in [-0.05, 0) is 65.3 Å². The molecule has 9 heteroatoms. The molecule has 0 fully saturated rings. The van der Waals surface area contributed by atoms with E-state index >= 15 is 0 Å². The normalized spacial score (nSPS) is 12.3. The second-order valence-electron chi connectivity index (χ2n) is 5.28. The largest absolute Gasteiger partial charge is 0.480 e. The number of benzene rings is 2. The smallest absolute Gasteiger partial charge is 0.265 e. The molecule has 0 aliphatic heterocycles. The van der Waals surface area contributed by atoms with Gasteiger partial charge in [0.2, 0.25) is 10.0 Å². The molecule has 6 nitrogen and oxygen atoms in total. The molecule has 2 aromatic rings. The fourth-order valence-electron chi connectivity index (χ4n) is 1.89. The molecule has 134 valence electrons. The van der Waals surface area contributed by atoms with Gasteiger partial charge < -0.3 is 10.1 Å². The zero-order valence-corrected chi connectivity index (χ0v) is 16.6. The van der Waals surface area contributed by atoms with Gasteiger partial charge in [0, 0.05) is 16.4 Å². The number of anilines is 2. The summed E-state index contributed by atoms with van der Waals surface area (Å²) in [5.41, 5.74) is 0.935. The average Bonchev–Trinajstić information content (AvgIpc) is 2.50. The van der Waals surface area contributed by atoms with E-state index in [1.54, 1.807) is 49.4 Å². The summed E-state index contributed by atoms with van der Waals surface area (Å²) in [5, 5.41) is 3.26. The summed E-state index contributed by atoms with van der Waals surface area (Å²) in [4.78, 5) is 12.2. The topological polar surface area (TPSA) is 84.5 Å². The predicted octanol–water partition coefficient (Wildman–Crippen LogP) is 3.88. The van der Waals surface area contributed by atoms with E-state index in [1.807, 2.05) is 0 Å². The highest BCUT2D eigenvalue weighted by atomic mass is 79.9. The lowest BCUT2D eigenvalue weighted by Crippen LogP contribution is -2.30. The van der Waals surface area contributed by atoms with Gasteiger partial charge in [-0.2, -0.15) is 0 Å². The zero-order chi connectivity index (χ0) is 18.6. The number of carbonyl (C=O) groups excluding carboxylic acids is 1. The van der Waals surface area contributed by atoms with E-state index in [0.717, 1.165) is 6.26 Å². The van der Waals surface area contributed by atoms with E-state index in [1.165, 1.54) is 0 Å². The first-order chi connectivity index (χ1) is 11.6. The molecule has 0 radical (unpaired) electrons. The molecule has 25 heavy (non-hydrogen) atoms. The van der Waals surface area contributed by atoms with Gasteiger partial charge in [-0.3, -0.25) is 9.52 Å². The Morgan fingerprint density at radius 2 is 1.76 bits per heavy atom. The van der Waals surface area contributed by atoms with Gasteiger partial charge in [0.25, 0.3) is 5.91 Å². The number of hydrogen-bond acceptors (Lipinski definition) is 4. The molecule has 0 heterocycles. The van der Waals surface area contributed by atoms with Gasteiger partial charge in [0.15, 0.2) is 6.10 Å². The number of carbonyl (C=O) groups is 1. The maximum atomic E-state index is 12.2. The van der Waals surface area contributed by atoms with Gasteiger partial charge in [-0.25, -0.2) is 8.42 Å². The summed E-state index contributed by atoms with van der Waals surface area (Å²) in [6, 6.07) is 11.3. The highest BCUT2D eigenvalue weighted by Gasteiger charge is 2.16. The Kier molecular flexibility index (Phi) is 6.31. The molecule has 1 atom stereocenters. The second-order valence-corrected chi connectivity index (χ2v) is 8.31. The van der Waals surface area contributed by atoms with E-state index in [9.17, 15) is 13.2 Å². The maximum Gasteiger partial charge on any atom is 0.265 e. The number of sulfonamides is 1. The first-order valence-electron chi connectivity index (χ1n) is 7.14. The molecule has 2 N–H and O–H groups in total. The monoisotopic (exact) mass is 446 g/mol. The summed E-state index contributed by atoms with van der Waals surface area (Å²) in [6.45, 7) is 1.62. The van der Waals surface area contributed by atoms with Crippen LogP contribution in [0, 0.1) is 0 Å². The molecular weight excluding hydrogens is 432 g/mol. The van der Waals surface area contributed by atoms with Crippen LogP contribution >= 0.6 is 27.5 Å². The van der Waals surface area contributed by atoms with Crippen LogP contribution < -0.4 is 14.8 Å². The standard InChI is InChI=1S/C16H16BrClN2O4S/c1-10(24-15-8-3-11(18)9-14(15)17)16(21)19-12-4-6-13(7-5-12)20-25(2,22)23/h3-10,20H,1-2H3,(H,19,21). The number of hydrogen-bond donors (Lipinski definition) is 2. The molecule has 0 saturated carbocycles. The summed E-state index contributed by atoms with van der Waals surface area (Å²) in [6.07, 6.45) is 0.322. The van der Waals surface area contributed by atoms with E-state index in [0.29, 0.717) is 26.6 Å². The van der Waals surface area contributed by atoms with Crippen LogP contribution in [0.15, 0.2) is 46.9 Å². The third-order valence-electron chi connectivity index (χ3n) is 3.02. The lowest BCUT2D eigenvalue weighted by Gasteiger charge is -2.16. The van der Waals surface area contributed by atoms with Crippen LogP contribution in [0.3, 0.4) is 0 Å². The van der Waals surface area contributed by atoms with Gasteiger partial charge in [-0.1, -0.05) is 11.6 Å². The second kappa shape index (κ2) is 8.07. The molecule has 1 unspecified atom stereocenters. The number of amides is 1. The Morgan fingerprint density at radius 3 is 2.32 bits per heavy atom. The minimum absolute atomic E-state index is 0.342. The van der Waals surface area contributed by atoms with Crippen LogP contribution in [-0.4, -0.2) is 26.7 Å². The Balaban J connectivity index is 1.98. The minimum atomic E-state index is -3.34. The minimum Gasteiger partial charge on any atom is -0.480 e. The van der Waals surface area contributed by atoms with Crippen molar-refractivity contribution in [3.8, 4) is 5.75 Å². The molecule has 2 rings (SSSR count). The van der Waals surface area contributed by atoms with Crippen molar-refractivity contribution in [1.82, 2.24) is 0 Å². The van der Waals surface area contributed by atoms with Crippen molar-refractivity contribution in [2.45, 2.75) is 13.0 Å². The highest BCUT2D eigenvalue weighted by Crippen LogP contribution is 2.29. The van der Waals surface area contributed by atoms with E-state index < -0.39 is 16.1 Å². The van der Waals surface area contributed by atoms with Crippen molar-refractivity contribution < 1.29 is 17.9 Å². The lowest BCUT2D eigenvalue weighted by molar-refractivity contribution is -0.122. The van der Waals surface area contributed by atoms with Crippen LogP contribution in [0.2, 0.25) is 5.02 Å². The van der Waals surface area contributed by atoms with Gasteiger partial charge in [0.1, 0.15) is 5.75 Å². The molecule has 1 amide bonds. The number of nitrogens with one attached hydrogen (secondary N) is 2. The van der Waals surface area contributed by atoms with Crippen LogP contribution in [0.1, 0.15) is 6.92 Å². The fourth-order valence-corrected chi connectivity index (χ4v) is 3.23. The highest BCUT2D eigenvalue weighted by molar-refractivity contribution is 9.10. The Labute approximate surface area is 159 Å². The summed E-state index contributed by atoms with van der Waals surface area (Å²) in [7, 11) is -3.34. The van der Waals surface area contributed by atoms with Crippen LogP contribution in [0.4, 0.5) is 11.4 Å². The molecule has 0 saturated heterocycles. The molecule has 0 aliphatic carbocycles. The molecule has 0 aromatic heterocycles. The number of ether oxygens (including phenoxy) is 1. The first kappa shape index (κ1) is 19.6. The first-order valence-corrected chi connectivity index (χ1v) is 10.2. The van der Waals surface area contributed by atoms with Crippen molar-refractivity contribution in [1.29, 1.82) is 0 Å². The number of rotatable bonds is 6. The maximum absolute atomic E-state index is 12.2. The van der Waals surface area contributed by atoms with Gasteiger partial charge >= 0.3 is 0 Å². The van der Waals surface area contributed by atoms with Crippen molar-refractivity contribution in [2.75, 3.05) is 16.3 Å². The Hall–Kier alpha value is -1.77. The third kappa shape index (κ3) is 6.22. The fraction of sp³-hybridized carbons (Fsp3) is 0.188. The summed E-state index contributed by atoms with van der Waals surface area (Å²) in [5.74, 6) is 0.158. The molecule has 0 spiro atoms. The lowest BCUT2D eigenvalue weighted by atomic mass is 10.2. The Bertz CT molecular complexity index is 872. The van der Waals surface area contributed by atoms with E-state index in [2.05, 4.69) is 26.0 Å². The SMILES string of the molecule is CC(Oc1ccc(Cl)cc1Br)C(=O)Nc1ccc(NS(C)(=O)=O)cc1. The van der Waals surface area contributed by atoms with Gasteiger partial charge in [0.05, 0.1) is 10.7 Å². The Morgan fingerprint density at radius 1 is 1.16 bits per heavy atom. The van der Waals surface area contributed by atoms with E-state index in [4.69, 9.17) is 16.3 Å². The predicted molar refractivity (Wildman–Crippen MR) is 103 cm³/mol. The molecular formula is C16H16BrClN2O4S.